The molecule has 0 amide bonds. The van der Waals surface area contributed by atoms with Gasteiger partial charge in [-0.1, -0.05) is 6.07 Å². The lowest BCUT2D eigenvalue weighted by Crippen LogP contribution is -2.01. The molecule has 0 saturated carbocycles. The Balaban J connectivity index is 2.34. The maximum Gasteiger partial charge on any atom is 0.151 e. The Labute approximate surface area is 103 Å². The van der Waals surface area contributed by atoms with Crippen molar-refractivity contribution in [1.82, 2.24) is 9.97 Å². The number of benzene rings is 1. The topological polar surface area (TPSA) is 73.6 Å². The predicted octanol–water partition coefficient (Wildman–Crippen LogP) is 2.27. The van der Waals surface area contributed by atoms with E-state index < -0.39 is 5.82 Å². The second-order valence-electron chi connectivity index (χ2n) is 3.44. The molecular weight excluding hydrogens is 233 g/mol. The summed E-state index contributed by atoms with van der Waals surface area (Å²) in [7, 11) is 1.72. The molecule has 18 heavy (non-hydrogen) atoms. The lowest BCUT2D eigenvalue weighted by molar-refractivity contribution is 0.624. The first-order valence-corrected chi connectivity index (χ1v) is 5.20. The molecule has 0 saturated heterocycles. The fraction of sp³-hybridized carbons (Fsp3) is 0.0833. The Hall–Kier alpha value is -2.68. The van der Waals surface area contributed by atoms with Gasteiger partial charge in [0.1, 0.15) is 23.3 Å². The number of halogens is 1. The molecule has 2 rings (SSSR count). The van der Waals surface area contributed by atoms with E-state index in [0.29, 0.717) is 17.3 Å². The molecular formula is C12H10FN5. The number of anilines is 3. The maximum absolute atomic E-state index is 13.4. The molecule has 1 heterocycles. The van der Waals surface area contributed by atoms with E-state index in [0.717, 1.165) is 0 Å². The van der Waals surface area contributed by atoms with Crippen molar-refractivity contribution in [1.29, 1.82) is 5.26 Å². The van der Waals surface area contributed by atoms with Crippen LogP contribution < -0.4 is 10.6 Å². The molecule has 2 N–H and O–H groups in total. The molecule has 0 fully saturated rings. The summed E-state index contributed by atoms with van der Waals surface area (Å²) >= 11 is 0. The molecule has 0 aliphatic rings. The molecule has 0 aliphatic carbocycles. The molecule has 0 aliphatic heterocycles. The maximum atomic E-state index is 13.4. The van der Waals surface area contributed by atoms with Gasteiger partial charge in [-0.2, -0.15) is 5.26 Å². The highest BCUT2D eigenvalue weighted by Crippen LogP contribution is 2.21. The van der Waals surface area contributed by atoms with Crippen LogP contribution in [0.25, 0.3) is 0 Å². The molecule has 0 bridgehead atoms. The van der Waals surface area contributed by atoms with Gasteiger partial charge in [0.25, 0.3) is 0 Å². The minimum Gasteiger partial charge on any atom is -0.372 e. The lowest BCUT2D eigenvalue weighted by Gasteiger charge is -2.08. The Morgan fingerprint density at radius 2 is 2.06 bits per heavy atom. The smallest absolute Gasteiger partial charge is 0.151 e. The van der Waals surface area contributed by atoms with Crippen molar-refractivity contribution >= 4 is 17.3 Å². The summed E-state index contributed by atoms with van der Waals surface area (Å²) in [6, 6.07) is 6.18. The van der Waals surface area contributed by atoms with Crippen LogP contribution in [0.4, 0.5) is 21.7 Å². The Kier molecular flexibility index (Phi) is 3.34. The van der Waals surface area contributed by atoms with E-state index >= 15 is 0 Å². The second kappa shape index (κ2) is 5.10. The number of hydrogen-bond acceptors (Lipinski definition) is 5. The lowest BCUT2D eigenvalue weighted by atomic mass is 10.2. The number of rotatable bonds is 3. The van der Waals surface area contributed by atoms with E-state index in [1.54, 1.807) is 19.3 Å². The molecule has 5 nitrogen and oxygen atoms in total. The molecule has 90 valence electrons. The van der Waals surface area contributed by atoms with E-state index in [4.69, 9.17) is 5.26 Å². The van der Waals surface area contributed by atoms with Crippen LogP contribution in [0, 0.1) is 17.1 Å². The van der Waals surface area contributed by atoms with Crippen molar-refractivity contribution in [2.75, 3.05) is 17.7 Å². The van der Waals surface area contributed by atoms with Gasteiger partial charge in [-0.15, -0.1) is 0 Å². The summed E-state index contributed by atoms with van der Waals surface area (Å²) in [4.78, 5) is 8.14. The third kappa shape index (κ3) is 2.35. The van der Waals surface area contributed by atoms with Crippen molar-refractivity contribution < 1.29 is 4.39 Å². The van der Waals surface area contributed by atoms with Crippen LogP contribution in [0.1, 0.15) is 5.56 Å². The van der Waals surface area contributed by atoms with Crippen LogP contribution >= 0.6 is 0 Å². The average Bonchev–Trinajstić information content (AvgIpc) is 2.39. The Morgan fingerprint density at radius 1 is 1.28 bits per heavy atom. The summed E-state index contributed by atoms with van der Waals surface area (Å²) in [6.07, 6.45) is 3.05. The third-order valence-corrected chi connectivity index (χ3v) is 2.28. The van der Waals surface area contributed by atoms with Crippen LogP contribution in [0.2, 0.25) is 0 Å². The van der Waals surface area contributed by atoms with Crippen LogP contribution in [-0.2, 0) is 0 Å². The highest BCUT2D eigenvalue weighted by Gasteiger charge is 2.08. The van der Waals surface area contributed by atoms with Crippen LogP contribution in [0.3, 0.4) is 0 Å². The number of nitrogens with zero attached hydrogens (tertiary/aromatic N) is 3. The van der Waals surface area contributed by atoms with Gasteiger partial charge >= 0.3 is 0 Å². The van der Waals surface area contributed by atoms with E-state index in [1.165, 1.54) is 18.3 Å². The highest BCUT2D eigenvalue weighted by molar-refractivity contribution is 5.64. The zero-order chi connectivity index (χ0) is 13.0. The standard InChI is InChI=1S/C12H10FN5/c1-15-11-6-16-7-12(18-11)17-10-4-2-3-9(13)8(10)5-14/h2-4,6-7H,1H3,(H2,15,17,18). The van der Waals surface area contributed by atoms with E-state index in [9.17, 15) is 4.39 Å². The normalized spacial score (nSPS) is 9.61. The molecule has 0 atom stereocenters. The monoisotopic (exact) mass is 243 g/mol. The Morgan fingerprint density at radius 3 is 2.78 bits per heavy atom. The van der Waals surface area contributed by atoms with Crippen molar-refractivity contribution in [3.63, 3.8) is 0 Å². The molecule has 0 unspecified atom stereocenters. The summed E-state index contributed by atoms with van der Waals surface area (Å²) in [5, 5.41) is 14.6. The Bertz CT molecular complexity index is 606. The predicted molar refractivity (Wildman–Crippen MR) is 66.0 cm³/mol. The summed E-state index contributed by atoms with van der Waals surface area (Å²) in [6.45, 7) is 0. The first-order chi connectivity index (χ1) is 8.74. The molecule has 2 aromatic rings. The fourth-order valence-electron chi connectivity index (χ4n) is 1.43. The highest BCUT2D eigenvalue weighted by atomic mass is 19.1. The first kappa shape index (κ1) is 11.8. The van der Waals surface area contributed by atoms with Crippen molar-refractivity contribution in [3.8, 4) is 6.07 Å². The largest absolute Gasteiger partial charge is 0.372 e. The fourth-order valence-corrected chi connectivity index (χ4v) is 1.43. The van der Waals surface area contributed by atoms with Gasteiger partial charge in [0.15, 0.2) is 5.82 Å². The van der Waals surface area contributed by atoms with Gasteiger partial charge in [0.05, 0.1) is 18.1 Å². The average molecular weight is 243 g/mol. The summed E-state index contributed by atoms with van der Waals surface area (Å²) in [5.41, 5.74) is 0.314. The van der Waals surface area contributed by atoms with Gasteiger partial charge in [-0.3, -0.25) is 4.98 Å². The zero-order valence-electron chi connectivity index (χ0n) is 9.61. The van der Waals surface area contributed by atoms with Gasteiger partial charge < -0.3 is 10.6 Å². The zero-order valence-corrected chi connectivity index (χ0v) is 9.61. The molecule has 0 radical (unpaired) electrons. The molecule has 1 aromatic carbocycles. The van der Waals surface area contributed by atoms with Gasteiger partial charge in [0.2, 0.25) is 0 Å². The minimum atomic E-state index is -0.569. The first-order valence-electron chi connectivity index (χ1n) is 5.20. The number of nitrogens with one attached hydrogen (secondary N) is 2. The van der Waals surface area contributed by atoms with Gasteiger partial charge in [0, 0.05) is 7.05 Å². The van der Waals surface area contributed by atoms with Gasteiger partial charge in [-0.05, 0) is 12.1 Å². The third-order valence-electron chi connectivity index (χ3n) is 2.28. The number of nitriles is 1. The van der Waals surface area contributed by atoms with Crippen LogP contribution in [0.5, 0.6) is 0 Å². The van der Waals surface area contributed by atoms with Crippen LogP contribution in [0.15, 0.2) is 30.6 Å². The quantitative estimate of drug-likeness (QED) is 0.865. The second-order valence-corrected chi connectivity index (χ2v) is 3.44. The molecule has 0 spiro atoms. The van der Waals surface area contributed by atoms with Gasteiger partial charge in [-0.25, -0.2) is 9.37 Å². The number of hydrogen-bond donors (Lipinski definition) is 2. The minimum absolute atomic E-state index is 0.0471. The summed E-state index contributed by atoms with van der Waals surface area (Å²) in [5.74, 6) is 0.444. The molecule has 1 aromatic heterocycles. The van der Waals surface area contributed by atoms with Crippen molar-refractivity contribution in [2.45, 2.75) is 0 Å². The van der Waals surface area contributed by atoms with Crippen LogP contribution in [-0.4, -0.2) is 17.0 Å². The van der Waals surface area contributed by atoms with E-state index in [2.05, 4.69) is 20.6 Å². The molecule has 6 heteroatoms. The van der Waals surface area contributed by atoms with E-state index in [1.807, 2.05) is 6.07 Å². The van der Waals surface area contributed by atoms with Crippen molar-refractivity contribution in [3.05, 3.63) is 42.0 Å². The SMILES string of the molecule is CNc1cncc(Nc2cccc(F)c2C#N)n1. The summed E-state index contributed by atoms with van der Waals surface area (Å²) < 4.78 is 13.4. The van der Waals surface area contributed by atoms with E-state index in [-0.39, 0.29) is 5.56 Å². The van der Waals surface area contributed by atoms with Crippen molar-refractivity contribution in [2.24, 2.45) is 0 Å². The number of aromatic nitrogens is 2.